The molecule has 0 unspecified atom stereocenters. The Balaban J connectivity index is 1.97. The maximum Gasteiger partial charge on any atom is 0.410 e. The lowest BCUT2D eigenvalue weighted by molar-refractivity contribution is -0.130. The van der Waals surface area contributed by atoms with Crippen molar-refractivity contribution in [2.45, 2.75) is 51.8 Å². The van der Waals surface area contributed by atoms with E-state index in [1.165, 1.54) is 11.1 Å². The first kappa shape index (κ1) is 19.4. The lowest BCUT2D eigenvalue weighted by Crippen LogP contribution is -2.51. The van der Waals surface area contributed by atoms with Gasteiger partial charge in [0.1, 0.15) is 10.8 Å². The normalized spacial score (nSPS) is 17.1. The minimum Gasteiger partial charge on any atom is -0.444 e. The Bertz CT molecular complexity index is 668. The molecule has 2 amide bonds. The van der Waals surface area contributed by atoms with Gasteiger partial charge in [-0.05, 0) is 39.3 Å². The van der Waals surface area contributed by atoms with Crippen molar-refractivity contribution in [3.05, 3.63) is 23.0 Å². The van der Waals surface area contributed by atoms with Crippen molar-refractivity contribution in [1.82, 2.24) is 9.88 Å². The minimum absolute atomic E-state index is 0.0852. The standard InChI is InChI=1S/C17H23ClFN3O3/c1-11-9-13(18)20-10-12(11)21-14(23)17(19)5-7-22(8-6-17)15(24)25-16(2,3)4/h9-10H,5-8H2,1-4H3,(H,21,23). The molecule has 1 aromatic heterocycles. The lowest BCUT2D eigenvalue weighted by atomic mass is 9.92. The summed E-state index contributed by atoms with van der Waals surface area (Å²) in [6.45, 7) is 7.30. The summed E-state index contributed by atoms with van der Waals surface area (Å²) in [6.07, 6.45) is 0.734. The molecule has 0 saturated carbocycles. The summed E-state index contributed by atoms with van der Waals surface area (Å²) in [5.74, 6) is -0.733. The van der Waals surface area contributed by atoms with E-state index in [2.05, 4.69) is 10.3 Å². The van der Waals surface area contributed by atoms with Gasteiger partial charge in [0.05, 0.1) is 11.9 Å². The number of hydrogen-bond acceptors (Lipinski definition) is 4. The molecule has 0 aromatic carbocycles. The fourth-order valence-corrected chi connectivity index (χ4v) is 2.70. The maximum absolute atomic E-state index is 15.0. The molecule has 1 N–H and O–H groups in total. The summed E-state index contributed by atoms with van der Waals surface area (Å²) in [5.41, 5.74) is -1.54. The molecule has 6 nitrogen and oxygen atoms in total. The zero-order chi connectivity index (χ0) is 18.8. The maximum atomic E-state index is 15.0. The highest BCUT2D eigenvalue weighted by Crippen LogP contribution is 2.29. The van der Waals surface area contributed by atoms with Crippen LogP contribution in [0.4, 0.5) is 14.9 Å². The number of pyridine rings is 1. The molecule has 0 spiro atoms. The second-order valence-corrected chi connectivity index (χ2v) is 7.60. The molecular weight excluding hydrogens is 349 g/mol. The number of alkyl halides is 1. The van der Waals surface area contributed by atoms with E-state index in [-0.39, 0.29) is 25.9 Å². The number of likely N-dealkylation sites (tertiary alicyclic amines) is 1. The number of ether oxygens (including phenoxy) is 1. The minimum atomic E-state index is -2.04. The molecule has 2 rings (SSSR count). The fourth-order valence-electron chi connectivity index (χ4n) is 2.48. The van der Waals surface area contributed by atoms with E-state index >= 15 is 4.39 Å². The van der Waals surface area contributed by atoms with E-state index in [0.29, 0.717) is 16.4 Å². The third-order valence-electron chi connectivity index (χ3n) is 3.94. The molecule has 1 fully saturated rings. The molecule has 25 heavy (non-hydrogen) atoms. The van der Waals surface area contributed by atoms with Crippen LogP contribution in [0.2, 0.25) is 5.15 Å². The van der Waals surface area contributed by atoms with Crippen LogP contribution in [0.5, 0.6) is 0 Å². The van der Waals surface area contributed by atoms with Gasteiger partial charge in [-0.3, -0.25) is 4.79 Å². The van der Waals surface area contributed by atoms with Gasteiger partial charge >= 0.3 is 6.09 Å². The van der Waals surface area contributed by atoms with E-state index in [9.17, 15) is 9.59 Å². The molecule has 1 aliphatic rings. The van der Waals surface area contributed by atoms with Gasteiger partial charge in [-0.2, -0.15) is 0 Å². The van der Waals surface area contributed by atoms with Crippen LogP contribution in [0.25, 0.3) is 0 Å². The molecule has 0 aliphatic carbocycles. The van der Waals surface area contributed by atoms with Crippen molar-refractivity contribution in [3.8, 4) is 0 Å². The van der Waals surface area contributed by atoms with Crippen molar-refractivity contribution >= 4 is 29.3 Å². The predicted octanol–water partition coefficient (Wildman–Crippen LogP) is 3.72. The molecular formula is C17H23ClFN3O3. The SMILES string of the molecule is Cc1cc(Cl)ncc1NC(=O)C1(F)CCN(C(=O)OC(C)(C)C)CC1. The van der Waals surface area contributed by atoms with E-state index in [0.717, 1.165) is 0 Å². The number of nitrogens with one attached hydrogen (secondary N) is 1. The number of carbonyl (C=O) groups is 2. The first-order chi connectivity index (χ1) is 11.5. The average molecular weight is 372 g/mol. The summed E-state index contributed by atoms with van der Waals surface area (Å²) >= 11 is 5.77. The molecule has 1 saturated heterocycles. The number of aromatic nitrogens is 1. The van der Waals surface area contributed by atoms with Crippen LogP contribution in [-0.4, -0.2) is 46.2 Å². The molecule has 0 bridgehead atoms. The Morgan fingerprint density at radius 1 is 1.36 bits per heavy atom. The van der Waals surface area contributed by atoms with Gasteiger partial charge in [-0.25, -0.2) is 14.2 Å². The number of hydrogen-bond donors (Lipinski definition) is 1. The first-order valence-corrected chi connectivity index (χ1v) is 8.48. The van der Waals surface area contributed by atoms with Gasteiger partial charge < -0.3 is 15.0 Å². The van der Waals surface area contributed by atoms with E-state index in [1.54, 1.807) is 33.8 Å². The van der Waals surface area contributed by atoms with Gasteiger partial charge in [0, 0.05) is 25.9 Å². The van der Waals surface area contributed by atoms with Crippen LogP contribution >= 0.6 is 11.6 Å². The molecule has 138 valence electrons. The van der Waals surface area contributed by atoms with E-state index < -0.39 is 23.3 Å². The number of anilines is 1. The van der Waals surface area contributed by atoms with Crippen molar-refractivity contribution in [2.75, 3.05) is 18.4 Å². The summed E-state index contributed by atoms with van der Waals surface area (Å²) in [5, 5.41) is 2.86. The Hall–Kier alpha value is -1.89. The van der Waals surface area contributed by atoms with Crippen LogP contribution < -0.4 is 5.32 Å². The molecule has 1 aliphatic heterocycles. The molecule has 2 heterocycles. The van der Waals surface area contributed by atoms with Crippen molar-refractivity contribution in [3.63, 3.8) is 0 Å². The van der Waals surface area contributed by atoms with Gasteiger partial charge in [0.2, 0.25) is 0 Å². The van der Waals surface area contributed by atoms with Gasteiger partial charge in [0.25, 0.3) is 5.91 Å². The number of rotatable bonds is 2. The average Bonchev–Trinajstić information content (AvgIpc) is 2.49. The number of amides is 2. The largest absolute Gasteiger partial charge is 0.444 e. The predicted molar refractivity (Wildman–Crippen MR) is 93.5 cm³/mol. The topological polar surface area (TPSA) is 71.5 Å². The number of halogens is 2. The highest BCUT2D eigenvalue weighted by Gasteiger charge is 2.43. The number of aryl methyl sites for hydroxylation is 1. The second kappa shape index (κ2) is 7.15. The zero-order valence-corrected chi connectivity index (χ0v) is 15.6. The smallest absolute Gasteiger partial charge is 0.410 e. The third-order valence-corrected chi connectivity index (χ3v) is 4.15. The van der Waals surface area contributed by atoms with E-state index in [4.69, 9.17) is 16.3 Å². The van der Waals surface area contributed by atoms with Gasteiger partial charge in [0.15, 0.2) is 5.67 Å². The van der Waals surface area contributed by atoms with Crippen LogP contribution in [0, 0.1) is 6.92 Å². The van der Waals surface area contributed by atoms with Gasteiger partial charge in [-0.1, -0.05) is 11.6 Å². The van der Waals surface area contributed by atoms with Crippen LogP contribution in [0.3, 0.4) is 0 Å². The Kier molecular flexibility index (Phi) is 5.56. The summed E-state index contributed by atoms with van der Waals surface area (Å²) in [6, 6.07) is 1.59. The van der Waals surface area contributed by atoms with E-state index in [1.807, 2.05) is 0 Å². The summed E-state index contributed by atoms with van der Waals surface area (Å²) in [4.78, 5) is 29.7. The summed E-state index contributed by atoms with van der Waals surface area (Å²) < 4.78 is 20.3. The highest BCUT2D eigenvalue weighted by molar-refractivity contribution is 6.29. The number of piperidine rings is 1. The third kappa shape index (κ3) is 5.04. The van der Waals surface area contributed by atoms with Crippen LogP contribution in [0.15, 0.2) is 12.3 Å². The van der Waals surface area contributed by atoms with Gasteiger partial charge in [-0.15, -0.1) is 0 Å². The van der Waals surface area contributed by atoms with Crippen LogP contribution in [-0.2, 0) is 9.53 Å². The second-order valence-electron chi connectivity index (χ2n) is 7.21. The highest BCUT2D eigenvalue weighted by atomic mass is 35.5. The number of carbonyl (C=O) groups excluding carboxylic acids is 2. The number of nitrogens with zero attached hydrogens (tertiary/aromatic N) is 2. The monoisotopic (exact) mass is 371 g/mol. The molecule has 0 atom stereocenters. The van der Waals surface area contributed by atoms with Crippen molar-refractivity contribution < 1.29 is 18.7 Å². The Labute approximate surface area is 151 Å². The fraction of sp³-hybridized carbons (Fsp3) is 0.588. The summed E-state index contributed by atoms with van der Waals surface area (Å²) in [7, 11) is 0. The lowest BCUT2D eigenvalue weighted by Gasteiger charge is -2.36. The molecule has 0 radical (unpaired) electrons. The Morgan fingerprint density at radius 2 is 1.96 bits per heavy atom. The molecule has 8 heteroatoms. The quantitative estimate of drug-likeness (QED) is 0.804. The van der Waals surface area contributed by atoms with Crippen LogP contribution in [0.1, 0.15) is 39.2 Å². The zero-order valence-electron chi connectivity index (χ0n) is 14.9. The first-order valence-electron chi connectivity index (χ1n) is 8.11. The molecule has 1 aromatic rings. The van der Waals surface area contributed by atoms with Crippen molar-refractivity contribution in [2.24, 2.45) is 0 Å². The van der Waals surface area contributed by atoms with Crippen molar-refractivity contribution in [1.29, 1.82) is 0 Å². The Morgan fingerprint density at radius 3 is 2.48 bits per heavy atom.